The van der Waals surface area contributed by atoms with Crippen molar-refractivity contribution < 1.29 is 33.6 Å². The highest BCUT2D eigenvalue weighted by atomic mass is 16.5. The van der Waals surface area contributed by atoms with Crippen molar-refractivity contribution in [2.75, 3.05) is 88.3 Å². The zero-order valence-corrected chi connectivity index (χ0v) is 58.1. The van der Waals surface area contributed by atoms with Crippen molar-refractivity contribution in [1.29, 1.82) is 0 Å². The van der Waals surface area contributed by atoms with E-state index in [4.69, 9.17) is 23.9 Å². The third-order valence-corrected chi connectivity index (χ3v) is 19.3. The van der Waals surface area contributed by atoms with Crippen LogP contribution in [-0.2, 0) is 0 Å². The Morgan fingerprint density at radius 1 is 0.495 bits per heavy atom. The number of unbranched alkanes of at least 4 members (excludes halogenated alkanes) is 15. The highest BCUT2D eigenvalue weighted by molar-refractivity contribution is 6.30. The van der Waals surface area contributed by atoms with Gasteiger partial charge in [-0.15, -0.1) is 0 Å². The summed E-state index contributed by atoms with van der Waals surface area (Å²) in [6.45, 7) is 11.1. The molecule has 4 N–H and O–H groups in total. The average Bonchev–Trinajstić information content (AvgIpc) is 1.59. The molecule has 93 heavy (non-hydrogen) atoms. The summed E-state index contributed by atoms with van der Waals surface area (Å²) in [5.41, 5.74) is 16.6. The van der Waals surface area contributed by atoms with Gasteiger partial charge >= 0.3 is 0 Å². The molecular weight excluding hydrogens is 1140 g/mol. The number of aliphatic imine (C=N–C) groups is 1. The van der Waals surface area contributed by atoms with Crippen LogP contribution in [0.25, 0.3) is 22.3 Å². The van der Waals surface area contributed by atoms with Crippen molar-refractivity contribution in [2.24, 2.45) is 22.7 Å². The lowest BCUT2D eigenvalue weighted by Crippen LogP contribution is -3.05. The number of ether oxygens (including phenoxy) is 4. The first-order valence-corrected chi connectivity index (χ1v) is 36.2. The predicted octanol–water partition coefficient (Wildman–Crippen LogP) is 15.3. The fourth-order valence-electron chi connectivity index (χ4n) is 13.9. The van der Waals surface area contributed by atoms with E-state index in [1.165, 1.54) is 160 Å². The van der Waals surface area contributed by atoms with Gasteiger partial charge in [0.15, 0.2) is 0 Å². The molecule has 9 nitrogen and oxygen atoms in total. The summed E-state index contributed by atoms with van der Waals surface area (Å²) in [6.07, 6.45) is 41.9. The number of hydrogen-bond acceptors (Lipinski definition) is 5. The zero-order chi connectivity index (χ0) is 64.8. The number of hydrogen-bond donors (Lipinski definition) is 3. The van der Waals surface area contributed by atoms with E-state index in [2.05, 4.69) is 218 Å². The van der Waals surface area contributed by atoms with Crippen LogP contribution in [0.4, 0.5) is 0 Å². The van der Waals surface area contributed by atoms with Gasteiger partial charge < -0.3 is 38.6 Å². The molecule has 5 aromatic rings. The largest absolute Gasteiger partial charge is 0.494 e. The molecule has 3 atom stereocenters. The number of nitrogens with two attached hydrogens (primary N) is 1. The summed E-state index contributed by atoms with van der Waals surface area (Å²) < 4.78 is 26.7. The van der Waals surface area contributed by atoms with Crippen LogP contribution in [0, 0.1) is 17.8 Å². The van der Waals surface area contributed by atoms with Gasteiger partial charge in [-0.3, -0.25) is 0 Å². The predicted molar refractivity (Wildman–Crippen MR) is 389 cm³/mol. The van der Waals surface area contributed by atoms with Gasteiger partial charge in [-0.05, 0) is 224 Å². The lowest BCUT2D eigenvalue weighted by atomic mass is 9.80. The molecule has 4 aromatic carbocycles. The number of allylic oxidation sites excluding steroid dienone is 13. The molecule has 6 aliphatic rings. The highest BCUT2D eigenvalue weighted by Gasteiger charge is 2.47. The molecule has 3 aliphatic carbocycles. The lowest BCUT2D eigenvalue weighted by molar-refractivity contribution is -0.870. The number of benzene rings is 4. The van der Waals surface area contributed by atoms with Crippen LogP contribution in [0.15, 0.2) is 185 Å². The Morgan fingerprint density at radius 3 is 1.46 bits per heavy atom. The van der Waals surface area contributed by atoms with E-state index in [1.807, 2.05) is 0 Å². The summed E-state index contributed by atoms with van der Waals surface area (Å²) >= 11 is 0. The van der Waals surface area contributed by atoms with Gasteiger partial charge in [0, 0.05) is 27.4 Å². The number of fused-ring (bicyclic) bond motifs is 1. The molecular formula is C84H112N5O4+3. The van der Waals surface area contributed by atoms with Crippen LogP contribution in [0.2, 0.25) is 0 Å². The second-order valence-electron chi connectivity index (χ2n) is 28.3. The molecule has 494 valence electrons. The molecule has 11 rings (SSSR count). The summed E-state index contributed by atoms with van der Waals surface area (Å²) in [5, 5.41) is 4.32. The molecule has 1 fully saturated rings. The number of nitrogens with one attached hydrogen (secondary N) is 2. The van der Waals surface area contributed by atoms with E-state index in [1.54, 1.807) is 0 Å². The van der Waals surface area contributed by atoms with E-state index in [-0.39, 0.29) is 5.92 Å². The van der Waals surface area contributed by atoms with Crippen molar-refractivity contribution in [3.05, 3.63) is 213 Å². The lowest BCUT2D eigenvalue weighted by Gasteiger charge is -2.24. The van der Waals surface area contributed by atoms with E-state index >= 15 is 0 Å². The van der Waals surface area contributed by atoms with Gasteiger partial charge in [0.2, 0.25) is 0 Å². The van der Waals surface area contributed by atoms with Gasteiger partial charge in [0.1, 0.15) is 23.0 Å². The maximum absolute atomic E-state index is 6.44. The molecule has 3 aliphatic heterocycles. The topological polar surface area (TPSA) is 86.1 Å². The fourth-order valence-corrected chi connectivity index (χ4v) is 13.9. The summed E-state index contributed by atoms with van der Waals surface area (Å²) in [4.78, 5) is 11.3. The van der Waals surface area contributed by atoms with Gasteiger partial charge in [0.25, 0.3) is 0 Å². The number of quaternary nitrogens is 3. The van der Waals surface area contributed by atoms with E-state index < -0.39 is 0 Å². The molecule has 4 heterocycles. The Labute approximate surface area is 559 Å². The first kappa shape index (κ1) is 68.7. The summed E-state index contributed by atoms with van der Waals surface area (Å²) in [5.74, 6) is 4.57. The van der Waals surface area contributed by atoms with E-state index in [0.29, 0.717) is 18.4 Å². The number of H-pyrrole nitrogens is 1. The minimum atomic E-state index is 0.239. The molecule has 2 unspecified atom stereocenters. The monoisotopic (exact) mass is 1250 g/mol. The van der Waals surface area contributed by atoms with Crippen molar-refractivity contribution >= 4 is 28.0 Å². The molecule has 1 aromatic heterocycles. The van der Waals surface area contributed by atoms with Crippen LogP contribution in [0.5, 0.6) is 23.0 Å². The SMILES string of the molecule is CCCCCCCCCCCOc1ccc(/C2=c3\cc/c([nH]3)=C(\c3ccc(OCCCCC[NH+](C)C)cc3)C3=CCC(C)/C(=C(/c4ccc(OCCCCC[N+](C)(C)C)cc4)C4=CC=C(/C(c5ccc(OCCCCCC[NH2+]C)cc5)=C5/C=CC2=N5)C2C[C@@H]42)C=C3)cc1. The first-order chi connectivity index (χ1) is 45.4. The summed E-state index contributed by atoms with van der Waals surface area (Å²) in [7, 11) is 13.4. The molecule has 0 amide bonds. The number of rotatable bonds is 37. The van der Waals surface area contributed by atoms with Crippen LogP contribution in [0.1, 0.15) is 171 Å². The van der Waals surface area contributed by atoms with Crippen LogP contribution in [-0.4, -0.2) is 104 Å². The molecule has 1 saturated carbocycles. The van der Waals surface area contributed by atoms with Crippen LogP contribution in [0.3, 0.4) is 0 Å². The minimum Gasteiger partial charge on any atom is -0.494 e. The minimum absolute atomic E-state index is 0.239. The van der Waals surface area contributed by atoms with Gasteiger partial charge in [-0.25, -0.2) is 4.99 Å². The Kier molecular flexibility index (Phi) is 25.7. The molecule has 8 bridgehead atoms. The van der Waals surface area contributed by atoms with Crippen LogP contribution >= 0.6 is 0 Å². The fraction of sp³-hybridized carbons (Fsp3) is 0.464. The van der Waals surface area contributed by atoms with E-state index in [0.717, 1.165) is 136 Å². The van der Waals surface area contributed by atoms with E-state index in [9.17, 15) is 0 Å². The average molecular weight is 1260 g/mol. The van der Waals surface area contributed by atoms with Gasteiger partial charge in [-0.2, -0.15) is 0 Å². The van der Waals surface area contributed by atoms with Crippen molar-refractivity contribution in [1.82, 2.24) is 4.98 Å². The number of nitrogens with zero attached hydrogens (tertiary/aromatic N) is 2. The third-order valence-electron chi connectivity index (χ3n) is 19.3. The smallest absolute Gasteiger partial charge is 0.119 e. The second-order valence-corrected chi connectivity index (χ2v) is 28.3. The molecule has 0 saturated heterocycles. The first-order valence-electron chi connectivity index (χ1n) is 36.2. The molecule has 0 spiro atoms. The van der Waals surface area contributed by atoms with Crippen molar-refractivity contribution in [3.8, 4) is 23.0 Å². The second kappa shape index (κ2) is 34.8. The molecule has 9 heteroatoms. The standard InChI is InChI=1S/C84H110N5O4/c1-9-10-11-12-13-14-15-17-24-57-90-71-45-36-67(37-46-71)84-79-52-50-77(86-79)81(64-30-39-68(40-31-64)92-59-26-19-22-55-88(4)5)63-29-28-62(2)72(47-38-63)82(65-32-41-69(42-33-65)93-60-27-20-23-56-89(6,7)8)73-48-49-74(76-61-75(73)76)83(78-51-53-80(84)87-78)66-34-43-70(44-35-66)91-58-25-18-16-21-54-85-3/h29-53,62,75-76,85-86H,9-28,54-61H2,1-8H3/q+1/p+2/b81-77+,82-72-,83-78-,84-79-/t62?,75-,76?/m0/s1. The Morgan fingerprint density at radius 2 is 0.946 bits per heavy atom. The number of aromatic nitrogens is 1. The quantitative estimate of drug-likeness (QED) is 0.0273. The van der Waals surface area contributed by atoms with Crippen molar-refractivity contribution in [3.63, 3.8) is 0 Å². The Bertz CT molecular complexity index is 3600. The maximum atomic E-state index is 6.44. The third kappa shape index (κ3) is 19.7. The zero-order valence-electron chi connectivity index (χ0n) is 58.1. The van der Waals surface area contributed by atoms with Crippen molar-refractivity contribution in [2.45, 2.75) is 149 Å². The normalized spacial score (nSPS) is 20.4. The Hall–Kier alpha value is -7.17. The van der Waals surface area contributed by atoms with Gasteiger partial charge in [-0.1, -0.05) is 144 Å². The maximum Gasteiger partial charge on any atom is 0.119 e. The summed E-state index contributed by atoms with van der Waals surface area (Å²) in [6, 6.07) is 40.1. The molecule has 0 radical (unpaired) electrons. The van der Waals surface area contributed by atoms with Gasteiger partial charge in [0.05, 0.1) is 99.8 Å². The van der Waals surface area contributed by atoms with Crippen LogP contribution < -0.4 is 39.9 Å². The number of aromatic amines is 1. The Balaban J connectivity index is 1.06. The highest BCUT2D eigenvalue weighted by Crippen LogP contribution is 2.59.